The van der Waals surface area contributed by atoms with Crippen molar-refractivity contribution in [2.75, 3.05) is 19.0 Å². The van der Waals surface area contributed by atoms with Gasteiger partial charge in [-0.15, -0.1) is 0 Å². The second-order valence-corrected chi connectivity index (χ2v) is 3.08. The largest absolute Gasteiger partial charge is 0.380 e. The molecule has 0 aromatic carbocycles. The van der Waals surface area contributed by atoms with E-state index >= 15 is 0 Å². The van der Waals surface area contributed by atoms with Crippen LogP contribution >= 0.6 is 15.9 Å². The van der Waals surface area contributed by atoms with Crippen molar-refractivity contribution < 1.29 is 9.53 Å². The number of halogens is 1. The summed E-state index contributed by atoms with van der Waals surface area (Å²) in [5.41, 5.74) is 0. The number of ether oxygens (including phenoxy) is 1. The van der Waals surface area contributed by atoms with E-state index in [-0.39, 0.29) is 12.0 Å². The topological polar surface area (TPSA) is 38.3 Å². The Morgan fingerprint density at radius 1 is 1.73 bits per heavy atom. The fraction of sp³-hybridized carbons (Fsp3) is 0.857. The molecule has 0 spiro atoms. The Kier molecular flexibility index (Phi) is 6.56. The molecule has 0 fully saturated rings. The average Bonchev–Trinajstić information content (AvgIpc) is 2.01. The molecule has 66 valence electrons. The molecule has 0 aliphatic carbocycles. The minimum atomic E-state index is 0.0609. The Labute approximate surface area is 75.6 Å². The maximum Gasteiger partial charge on any atom is 0.220 e. The highest BCUT2D eigenvalue weighted by molar-refractivity contribution is 9.09. The molecule has 3 nitrogen and oxygen atoms in total. The molecule has 1 unspecified atom stereocenters. The Balaban J connectivity index is 3.30. The number of hydrogen-bond acceptors (Lipinski definition) is 2. The number of amides is 1. The van der Waals surface area contributed by atoms with Crippen molar-refractivity contribution in [2.45, 2.75) is 19.4 Å². The lowest BCUT2D eigenvalue weighted by atomic mass is 10.4. The smallest absolute Gasteiger partial charge is 0.220 e. The summed E-state index contributed by atoms with van der Waals surface area (Å²) in [6.45, 7) is 2.50. The van der Waals surface area contributed by atoms with Crippen molar-refractivity contribution in [2.24, 2.45) is 0 Å². The van der Waals surface area contributed by atoms with E-state index in [0.29, 0.717) is 18.3 Å². The zero-order valence-electron chi connectivity index (χ0n) is 6.89. The number of carbonyl (C=O) groups is 1. The number of carbonyl (C=O) groups excluding carboxylic acids is 1. The molecule has 4 heteroatoms. The van der Waals surface area contributed by atoms with Crippen LogP contribution in [-0.4, -0.2) is 31.0 Å². The van der Waals surface area contributed by atoms with Crippen LogP contribution < -0.4 is 5.32 Å². The predicted octanol–water partition coefficient (Wildman–Crippen LogP) is 0.923. The number of alkyl halides is 1. The third kappa shape index (κ3) is 6.31. The predicted molar refractivity (Wildman–Crippen MR) is 47.9 cm³/mol. The average molecular weight is 224 g/mol. The summed E-state index contributed by atoms with van der Waals surface area (Å²) in [6.07, 6.45) is 0.616. The number of rotatable bonds is 5. The Hall–Kier alpha value is -0.0900. The molecule has 1 atom stereocenters. The first kappa shape index (κ1) is 10.9. The minimum absolute atomic E-state index is 0.0609. The molecule has 0 saturated carbocycles. The SMILES string of the molecule is COC(C)CNC(=O)CCBr. The first-order valence-corrected chi connectivity index (χ1v) is 4.68. The second kappa shape index (κ2) is 6.61. The molecule has 11 heavy (non-hydrogen) atoms. The number of nitrogens with one attached hydrogen (secondary N) is 1. The van der Waals surface area contributed by atoms with Crippen LogP contribution in [0.25, 0.3) is 0 Å². The van der Waals surface area contributed by atoms with E-state index in [2.05, 4.69) is 21.2 Å². The summed E-state index contributed by atoms with van der Waals surface area (Å²) >= 11 is 3.18. The summed E-state index contributed by atoms with van der Waals surface area (Å²) in [6, 6.07) is 0. The Bertz CT molecular complexity index is 119. The van der Waals surface area contributed by atoms with Crippen molar-refractivity contribution in [3.8, 4) is 0 Å². The van der Waals surface area contributed by atoms with Crippen molar-refractivity contribution >= 4 is 21.8 Å². The summed E-state index contributed by atoms with van der Waals surface area (Å²) in [5.74, 6) is 0.0609. The summed E-state index contributed by atoms with van der Waals surface area (Å²) in [7, 11) is 1.63. The van der Waals surface area contributed by atoms with E-state index in [1.54, 1.807) is 7.11 Å². The molecule has 0 heterocycles. The zero-order chi connectivity index (χ0) is 8.69. The van der Waals surface area contributed by atoms with Gasteiger partial charge in [-0.3, -0.25) is 4.79 Å². The van der Waals surface area contributed by atoms with Crippen molar-refractivity contribution in [3.63, 3.8) is 0 Å². The van der Waals surface area contributed by atoms with Crippen LogP contribution in [0.15, 0.2) is 0 Å². The first-order chi connectivity index (χ1) is 5.20. The molecule has 0 aliphatic heterocycles. The van der Waals surface area contributed by atoms with Crippen LogP contribution in [-0.2, 0) is 9.53 Å². The molecule has 0 rings (SSSR count). The van der Waals surface area contributed by atoms with Crippen molar-refractivity contribution in [1.82, 2.24) is 5.32 Å². The Morgan fingerprint density at radius 2 is 2.36 bits per heavy atom. The van der Waals surface area contributed by atoms with Crippen molar-refractivity contribution in [1.29, 1.82) is 0 Å². The van der Waals surface area contributed by atoms with Crippen LogP contribution in [0.2, 0.25) is 0 Å². The van der Waals surface area contributed by atoms with Crippen LogP contribution in [0, 0.1) is 0 Å². The maximum atomic E-state index is 10.9. The number of methoxy groups -OCH3 is 1. The Morgan fingerprint density at radius 3 is 2.82 bits per heavy atom. The van der Waals surface area contributed by atoms with Gasteiger partial charge in [0.25, 0.3) is 0 Å². The summed E-state index contributed by atoms with van der Waals surface area (Å²) in [4.78, 5) is 10.9. The summed E-state index contributed by atoms with van der Waals surface area (Å²) < 4.78 is 4.95. The third-order valence-electron chi connectivity index (χ3n) is 1.31. The number of hydrogen-bond donors (Lipinski definition) is 1. The molecular formula is C7H14BrNO2. The quantitative estimate of drug-likeness (QED) is 0.705. The molecule has 0 bridgehead atoms. The molecule has 0 radical (unpaired) electrons. The van der Waals surface area contributed by atoms with Gasteiger partial charge < -0.3 is 10.1 Å². The molecule has 1 N–H and O–H groups in total. The van der Waals surface area contributed by atoms with Crippen LogP contribution in [0.5, 0.6) is 0 Å². The van der Waals surface area contributed by atoms with Crippen LogP contribution in [0.1, 0.15) is 13.3 Å². The van der Waals surface area contributed by atoms with Gasteiger partial charge in [-0.05, 0) is 6.92 Å². The van der Waals surface area contributed by atoms with Gasteiger partial charge in [0, 0.05) is 25.4 Å². The highest BCUT2D eigenvalue weighted by Gasteiger charge is 2.02. The van der Waals surface area contributed by atoms with Gasteiger partial charge in [-0.25, -0.2) is 0 Å². The first-order valence-electron chi connectivity index (χ1n) is 3.56. The molecule has 0 aromatic rings. The highest BCUT2D eigenvalue weighted by atomic mass is 79.9. The fourth-order valence-corrected chi connectivity index (χ4v) is 0.875. The molecule has 1 amide bonds. The van der Waals surface area contributed by atoms with E-state index < -0.39 is 0 Å². The minimum Gasteiger partial charge on any atom is -0.380 e. The van der Waals surface area contributed by atoms with Crippen LogP contribution in [0.4, 0.5) is 0 Å². The lowest BCUT2D eigenvalue weighted by molar-refractivity contribution is -0.121. The van der Waals surface area contributed by atoms with E-state index in [1.165, 1.54) is 0 Å². The van der Waals surface area contributed by atoms with Gasteiger partial charge in [0.2, 0.25) is 5.91 Å². The van der Waals surface area contributed by atoms with Gasteiger partial charge >= 0.3 is 0 Å². The van der Waals surface area contributed by atoms with E-state index in [1.807, 2.05) is 6.92 Å². The molecule has 0 aromatic heterocycles. The highest BCUT2D eigenvalue weighted by Crippen LogP contribution is 1.88. The maximum absolute atomic E-state index is 10.9. The van der Waals surface area contributed by atoms with E-state index in [4.69, 9.17) is 4.74 Å². The van der Waals surface area contributed by atoms with Gasteiger partial charge in [-0.1, -0.05) is 15.9 Å². The monoisotopic (exact) mass is 223 g/mol. The fourth-order valence-electron chi connectivity index (χ4n) is 0.515. The lowest BCUT2D eigenvalue weighted by Gasteiger charge is -2.09. The van der Waals surface area contributed by atoms with Gasteiger partial charge in [0.1, 0.15) is 0 Å². The third-order valence-corrected chi connectivity index (χ3v) is 1.71. The second-order valence-electron chi connectivity index (χ2n) is 2.29. The molecule has 0 saturated heterocycles. The molecule has 0 aliphatic rings. The van der Waals surface area contributed by atoms with Gasteiger partial charge in [0.15, 0.2) is 0 Å². The van der Waals surface area contributed by atoms with Gasteiger partial charge in [-0.2, -0.15) is 0 Å². The summed E-state index contributed by atoms with van der Waals surface area (Å²) in [5, 5.41) is 3.45. The van der Waals surface area contributed by atoms with E-state index in [9.17, 15) is 4.79 Å². The van der Waals surface area contributed by atoms with Crippen LogP contribution in [0.3, 0.4) is 0 Å². The van der Waals surface area contributed by atoms with E-state index in [0.717, 1.165) is 0 Å². The normalized spacial score (nSPS) is 12.6. The standard InChI is InChI=1S/C7H14BrNO2/c1-6(11-2)5-9-7(10)3-4-8/h6H,3-5H2,1-2H3,(H,9,10). The molecular weight excluding hydrogens is 210 g/mol. The lowest BCUT2D eigenvalue weighted by Crippen LogP contribution is -2.31. The van der Waals surface area contributed by atoms with Crippen molar-refractivity contribution in [3.05, 3.63) is 0 Å². The zero-order valence-corrected chi connectivity index (χ0v) is 8.48. The van der Waals surface area contributed by atoms with Gasteiger partial charge in [0.05, 0.1) is 6.10 Å².